The summed E-state index contributed by atoms with van der Waals surface area (Å²) in [6, 6.07) is 4.16. The van der Waals surface area contributed by atoms with Gasteiger partial charge in [0.15, 0.2) is 0 Å². The van der Waals surface area contributed by atoms with E-state index in [9.17, 15) is 14.0 Å². The van der Waals surface area contributed by atoms with Gasteiger partial charge in [0.05, 0.1) is 40.0 Å². The van der Waals surface area contributed by atoms with Crippen LogP contribution in [0.25, 0.3) is 16.6 Å². The second kappa shape index (κ2) is 8.02. The Balaban J connectivity index is 2.23. The Labute approximate surface area is 177 Å². The molecule has 9 heteroatoms. The van der Waals surface area contributed by atoms with Crippen LogP contribution >= 0.6 is 11.6 Å². The van der Waals surface area contributed by atoms with Gasteiger partial charge in [-0.1, -0.05) is 17.7 Å². The second-order valence-corrected chi connectivity index (χ2v) is 8.29. The molecule has 3 aromatic rings. The number of ether oxygens (including phenoxy) is 1. The van der Waals surface area contributed by atoms with Gasteiger partial charge >= 0.3 is 6.09 Å². The fourth-order valence-electron chi connectivity index (χ4n) is 2.99. The molecule has 0 radical (unpaired) electrons. The fraction of sp³-hybridized carbons (Fsp3) is 0.333. The van der Waals surface area contributed by atoms with Crippen LogP contribution in [0.5, 0.6) is 0 Å². The minimum Gasteiger partial charge on any atom is -0.444 e. The molecular formula is C21H22ClFN4O3. The van der Waals surface area contributed by atoms with Gasteiger partial charge in [-0.2, -0.15) is 0 Å². The SMILES string of the molecule is Cc1c(F)cncc1-n1c([C@H](C)NC(=O)OC(C)(C)C)nc2cccc(Cl)c2c1=O. The first-order chi connectivity index (χ1) is 14.0. The van der Waals surface area contributed by atoms with E-state index in [0.29, 0.717) is 5.52 Å². The molecule has 1 N–H and O–H groups in total. The van der Waals surface area contributed by atoms with Crippen molar-refractivity contribution in [3.05, 3.63) is 63.2 Å². The van der Waals surface area contributed by atoms with Crippen LogP contribution in [0.3, 0.4) is 0 Å². The van der Waals surface area contributed by atoms with Crippen molar-refractivity contribution < 1.29 is 13.9 Å². The monoisotopic (exact) mass is 432 g/mol. The molecule has 1 amide bonds. The van der Waals surface area contributed by atoms with Gasteiger partial charge in [-0.25, -0.2) is 14.2 Å². The molecule has 0 fully saturated rings. The number of benzene rings is 1. The number of halogens is 2. The van der Waals surface area contributed by atoms with Gasteiger partial charge < -0.3 is 10.1 Å². The summed E-state index contributed by atoms with van der Waals surface area (Å²) in [7, 11) is 0. The lowest BCUT2D eigenvalue weighted by Gasteiger charge is -2.23. The molecule has 2 heterocycles. The zero-order valence-corrected chi connectivity index (χ0v) is 18.0. The van der Waals surface area contributed by atoms with E-state index in [2.05, 4.69) is 15.3 Å². The molecule has 0 aliphatic carbocycles. The number of fused-ring (bicyclic) bond motifs is 1. The fourth-order valence-corrected chi connectivity index (χ4v) is 3.24. The number of hydrogen-bond donors (Lipinski definition) is 1. The third-order valence-electron chi connectivity index (χ3n) is 4.36. The largest absolute Gasteiger partial charge is 0.444 e. The molecule has 1 aromatic carbocycles. The van der Waals surface area contributed by atoms with Crippen molar-refractivity contribution in [3.8, 4) is 5.69 Å². The highest BCUT2D eigenvalue weighted by atomic mass is 35.5. The normalized spacial score (nSPS) is 12.6. The molecule has 0 saturated heterocycles. The van der Waals surface area contributed by atoms with E-state index in [-0.39, 0.29) is 27.5 Å². The van der Waals surface area contributed by atoms with E-state index in [1.54, 1.807) is 45.9 Å². The van der Waals surface area contributed by atoms with Gasteiger partial charge in [-0.15, -0.1) is 0 Å². The van der Waals surface area contributed by atoms with Crippen molar-refractivity contribution in [1.82, 2.24) is 19.9 Å². The van der Waals surface area contributed by atoms with Gasteiger partial charge in [-0.3, -0.25) is 14.3 Å². The minimum absolute atomic E-state index is 0.191. The van der Waals surface area contributed by atoms with Crippen molar-refractivity contribution in [2.24, 2.45) is 0 Å². The van der Waals surface area contributed by atoms with Crippen molar-refractivity contribution in [1.29, 1.82) is 0 Å². The summed E-state index contributed by atoms with van der Waals surface area (Å²) >= 11 is 6.25. The number of rotatable bonds is 3. The number of carbonyl (C=O) groups is 1. The Morgan fingerprint density at radius 1 is 1.30 bits per heavy atom. The van der Waals surface area contributed by atoms with Gasteiger partial charge in [0.25, 0.3) is 5.56 Å². The highest BCUT2D eigenvalue weighted by molar-refractivity contribution is 6.35. The summed E-state index contributed by atoms with van der Waals surface area (Å²) in [6.45, 7) is 8.41. The summed E-state index contributed by atoms with van der Waals surface area (Å²) in [5.74, 6) is -0.381. The molecule has 158 valence electrons. The van der Waals surface area contributed by atoms with Crippen LogP contribution in [0.1, 0.15) is 45.1 Å². The van der Waals surface area contributed by atoms with Crippen LogP contribution in [0.2, 0.25) is 5.02 Å². The molecule has 7 nitrogen and oxygen atoms in total. The van der Waals surface area contributed by atoms with Gasteiger partial charge in [0, 0.05) is 5.56 Å². The quantitative estimate of drug-likeness (QED) is 0.660. The number of alkyl carbamates (subject to hydrolysis) is 1. The number of carbonyl (C=O) groups excluding carboxylic acids is 1. The first-order valence-corrected chi connectivity index (χ1v) is 9.68. The highest BCUT2D eigenvalue weighted by Gasteiger charge is 2.24. The number of aromatic nitrogens is 3. The number of amides is 1. The Hall–Kier alpha value is -3.00. The molecular weight excluding hydrogens is 411 g/mol. The first-order valence-electron chi connectivity index (χ1n) is 9.30. The van der Waals surface area contributed by atoms with E-state index in [1.165, 1.54) is 17.7 Å². The Kier molecular flexibility index (Phi) is 5.81. The van der Waals surface area contributed by atoms with Crippen molar-refractivity contribution in [2.45, 2.75) is 46.3 Å². The Bertz CT molecular complexity index is 1190. The molecule has 0 aliphatic rings. The second-order valence-electron chi connectivity index (χ2n) is 7.88. The van der Waals surface area contributed by atoms with Crippen molar-refractivity contribution in [2.75, 3.05) is 0 Å². The predicted octanol–water partition coefficient (Wildman–Crippen LogP) is 4.47. The average molecular weight is 433 g/mol. The van der Waals surface area contributed by atoms with Crippen LogP contribution in [0.4, 0.5) is 9.18 Å². The number of nitrogens with one attached hydrogen (secondary N) is 1. The van der Waals surface area contributed by atoms with Gasteiger partial charge in [0.2, 0.25) is 0 Å². The highest BCUT2D eigenvalue weighted by Crippen LogP contribution is 2.24. The molecule has 0 aliphatic heterocycles. The van der Waals surface area contributed by atoms with E-state index in [4.69, 9.17) is 16.3 Å². The van der Waals surface area contributed by atoms with Crippen molar-refractivity contribution >= 4 is 28.6 Å². The maximum atomic E-state index is 14.2. The molecule has 0 bridgehead atoms. The van der Waals surface area contributed by atoms with E-state index in [0.717, 1.165) is 6.20 Å². The van der Waals surface area contributed by atoms with E-state index in [1.807, 2.05) is 0 Å². The maximum Gasteiger partial charge on any atom is 0.408 e. The summed E-state index contributed by atoms with van der Waals surface area (Å²) in [5, 5.41) is 3.09. The summed E-state index contributed by atoms with van der Waals surface area (Å²) in [4.78, 5) is 34.1. The van der Waals surface area contributed by atoms with E-state index >= 15 is 0 Å². The Morgan fingerprint density at radius 3 is 2.67 bits per heavy atom. The molecule has 0 spiro atoms. The van der Waals surface area contributed by atoms with Crippen LogP contribution < -0.4 is 10.9 Å². The predicted molar refractivity (Wildman–Crippen MR) is 113 cm³/mol. The summed E-state index contributed by atoms with van der Waals surface area (Å²) in [6.07, 6.45) is 1.76. The molecule has 1 atom stereocenters. The average Bonchev–Trinajstić information content (AvgIpc) is 2.62. The standard InChI is InChI=1S/C21H22ClFN4O3/c1-11-14(23)9-24-10-16(11)27-18(12(2)25-20(29)30-21(3,4)5)26-15-8-6-7-13(22)17(15)19(27)28/h6-10,12H,1-5H3,(H,25,29)/t12-/m0/s1. The minimum atomic E-state index is -0.737. The smallest absolute Gasteiger partial charge is 0.408 e. The van der Waals surface area contributed by atoms with Crippen molar-refractivity contribution in [3.63, 3.8) is 0 Å². The Morgan fingerprint density at radius 2 is 2.00 bits per heavy atom. The molecule has 3 rings (SSSR count). The lowest BCUT2D eigenvalue weighted by atomic mass is 10.1. The number of pyridine rings is 1. The van der Waals surface area contributed by atoms with Crippen LogP contribution in [-0.2, 0) is 4.74 Å². The maximum absolute atomic E-state index is 14.2. The number of hydrogen-bond acceptors (Lipinski definition) is 5. The van der Waals surface area contributed by atoms with Gasteiger partial charge in [0.1, 0.15) is 17.2 Å². The molecule has 0 saturated carbocycles. The molecule has 30 heavy (non-hydrogen) atoms. The number of nitrogens with zero attached hydrogens (tertiary/aromatic N) is 3. The van der Waals surface area contributed by atoms with Crippen LogP contribution in [-0.4, -0.2) is 26.2 Å². The zero-order valence-electron chi connectivity index (χ0n) is 17.3. The van der Waals surface area contributed by atoms with E-state index < -0.39 is 29.1 Å². The topological polar surface area (TPSA) is 86.1 Å². The first kappa shape index (κ1) is 21.7. The third kappa shape index (κ3) is 4.28. The molecule has 0 unspecified atom stereocenters. The molecule has 2 aromatic heterocycles. The lowest BCUT2D eigenvalue weighted by Crippen LogP contribution is -2.37. The summed E-state index contributed by atoms with van der Waals surface area (Å²) in [5.41, 5.74) is -0.405. The van der Waals surface area contributed by atoms with Crippen LogP contribution in [0, 0.1) is 12.7 Å². The third-order valence-corrected chi connectivity index (χ3v) is 4.68. The lowest BCUT2D eigenvalue weighted by molar-refractivity contribution is 0.0505. The summed E-state index contributed by atoms with van der Waals surface area (Å²) < 4.78 is 20.7. The van der Waals surface area contributed by atoms with Gasteiger partial charge in [-0.05, 0) is 46.8 Å². The van der Waals surface area contributed by atoms with Crippen LogP contribution in [0.15, 0.2) is 35.4 Å². The zero-order chi connectivity index (χ0) is 22.2.